The first-order valence-corrected chi connectivity index (χ1v) is 8.37. The van der Waals surface area contributed by atoms with Gasteiger partial charge in [0.05, 0.1) is 5.02 Å². The first-order chi connectivity index (χ1) is 9.58. The van der Waals surface area contributed by atoms with E-state index in [-0.39, 0.29) is 27.5 Å². The number of piperazine rings is 1. The van der Waals surface area contributed by atoms with Gasteiger partial charge in [-0.3, -0.25) is 4.79 Å². The molecule has 0 atom stereocenters. The molecule has 0 aromatic carbocycles. The molecular formula is C12H15Cl2N3O3S. The number of nitrogens with zero attached hydrogens (tertiary/aromatic N) is 3. The Labute approximate surface area is 133 Å². The highest BCUT2D eigenvalue weighted by Crippen LogP contribution is 2.30. The van der Waals surface area contributed by atoms with Gasteiger partial charge in [-0.25, -0.2) is 13.4 Å². The first kappa shape index (κ1) is 16.5. The van der Waals surface area contributed by atoms with Crippen LogP contribution in [0.15, 0.2) is 17.2 Å². The molecule has 0 aliphatic carbocycles. The van der Waals surface area contributed by atoms with Crippen molar-refractivity contribution in [3.05, 3.63) is 22.4 Å². The van der Waals surface area contributed by atoms with Gasteiger partial charge < -0.3 is 4.90 Å². The molecule has 2 rings (SSSR count). The largest absolute Gasteiger partial charge is 0.343 e. The van der Waals surface area contributed by atoms with Crippen molar-refractivity contribution in [1.29, 1.82) is 0 Å². The van der Waals surface area contributed by atoms with E-state index in [0.717, 1.165) is 6.20 Å². The number of rotatable bonds is 2. The lowest BCUT2D eigenvalue weighted by Gasteiger charge is -2.43. The zero-order chi connectivity index (χ0) is 16.0. The Kier molecular flexibility index (Phi) is 4.23. The van der Waals surface area contributed by atoms with Gasteiger partial charge in [0, 0.05) is 26.3 Å². The lowest BCUT2D eigenvalue weighted by molar-refractivity contribution is -0.142. The van der Waals surface area contributed by atoms with Gasteiger partial charge >= 0.3 is 0 Å². The van der Waals surface area contributed by atoms with Crippen LogP contribution in [-0.4, -0.2) is 54.2 Å². The van der Waals surface area contributed by atoms with Crippen molar-refractivity contribution in [2.24, 2.45) is 0 Å². The maximum atomic E-state index is 12.7. The number of amides is 1. The van der Waals surface area contributed by atoms with Crippen molar-refractivity contribution >= 4 is 39.1 Å². The molecule has 0 bridgehead atoms. The molecular weight excluding hydrogens is 337 g/mol. The summed E-state index contributed by atoms with van der Waals surface area (Å²) >= 11 is 11.5. The second-order valence-corrected chi connectivity index (χ2v) is 7.93. The number of carbonyl (C=O) groups is 1. The third-order valence-corrected chi connectivity index (χ3v) is 6.22. The molecule has 6 nitrogen and oxygen atoms in total. The van der Waals surface area contributed by atoms with E-state index in [1.54, 1.807) is 20.9 Å². The quantitative estimate of drug-likeness (QED) is 0.759. The summed E-state index contributed by atoms with van der Waals surface area (Å²) in [5.74, 6) is -0.259. The Balaban J connectivity index is 2.48. The number of pyridine rings is 1. The van der Waals surface area contributed by atoms with Crippen LogP contribution < -0.4 is 0 Å². The number of aromatic nitrogens is 1. The molecule has 1 aromatic rings. The van der Waals surface area contributed by atoms with Crippen LogP contribution in [0.5, 0.6) is 0 Å². The standard InChI is InChI=1S/C12H15Cl2N3O3S/c1-12(2)11(18)16(3)4-5-17(12)21(19,20)8-6-9(13)10(14)15-7-8/h6-7H,4-5H2,1-3H3. The van der Waals surface area contributed by atoms with E-state index in [4.69, 9.17) is 23.2 Å². The fourth-order valence-electron chi connectivity index (χ4n) is 2.29. The van der Waals surface area contributed by atoms with Crippen LogP contribution in [0.25, 0.3) is 0 Å². The average molecular weight is 352 g/mol. The van der Waals surface area contributed by atoms with Crippen LogP contribution in [0.1, 0.15) is 13.8 Å². The van der Waals surface area contributed by atoms with E-state index in [9.17, 15) is 13.2 Å². The van der Waals surface area contributed by atoms with E-state index in [1.165, 1.54) is 15.3 Å². The Morgan fingerprint density at radius 3 is 2.48 bits per heavy atom. The van der Waals surface area contributed by atoms with Gasteiger partial charge in [0.1, 0.15) is 15.6 Å². The molecule has 0 saturated carbocycles. The van der Waals surface area contributed by atoms with Gasteiger partial charge in [-0.15, -0.1) is 0 Å². The fraction of sp³-hybridized carbons (Fsp3) is 0.500. The Morgan fingerprint density at radius 2 is 1.90 bits per heavy atom. The molecule has 0 radical (unpaired) electrons. The maximum absolute atomic E-state index is 12.7. The summed E-state index contributed by atoms with van der Waals surface area (Å²) in [5, 5.41) is 0.0836. The lowest BCUT2D eigenvalue weighted by Crippen LogP contribution is -2.63. The molecule has 2 heterocycles. The topological polar surface area (TPSA) is 70.6 Å². The van der Waals surface area contributed by atoms with E-state index in [0.29, 0.717) is 6.54 Å². The third kappa shape index (κ3) is 2.75. The second-order valence-electron chi connectivity index (χ2n) is 5.31. The number of hydrogen-bond donors (Lipinski definition) is 0. The SMILES string of the molecule is CN1CCN(S(=O)(=O)c2cnc(Cl)c(Cl)c2)C(C)(C)C1=O. The molecule has 1 saturated heterocycles. The van der Waals surface area contributed by atoms with Crippen molar-refractivity contribution in [2.75, 3.05) is 20.1 Å². The fourth-order valence-corrected chi connectivity index (χ4v) is 4.33. The number of sulfonamides is 1. The Bertz CT molecular complexity index is 691. The molecule has 21 heavy (non-hydrogen) atoms. The van der Waals surface area contributed by atoms with Gasteiger partial charge in [0.25, 0.3) is 0 Å². The Hall–Kier alpha value is -0.890. The zero-order valence-electron chi connectivity index (χ0n) is 11.8. The van der Waals surface area contributed by atoms with Crippen molar-refractivity contribution < 1.29 is 13.2 Å². The predicted octanol–water partition coefficient (Wildman–Crippen LogP) is 1.63. The van der Waals surface area contributed by atoms with Crippen molar-refractivity contribution in [1.82, 2.24) is 14.2 Å². The monoisotopic (exact) mass is 351 g/mol. The molecule has 1 amide bonds. The molecule has 0 spiro atoms. The molecule has 1 aliphatic rings. The van der Waals surface area contributed by atoms with Gasteiger partial charge in [0.2, 0.25) is 15.9 Å². The molecule has 1 fully saturated rings. The summed E-state index contributed by atoms with van der Waals surface area (Å²) in [4.78, 5) is 17.4. The van der Waals surface area contributed by atoms with Crippen LogP contribution >= 0.6 is 23.2 Å². The average Bonchev–Trinajstić information content (AvgIpc) is 2.38. The van der Waals surface area contributed by atoms with Crippen molar-refractivity contribution in [3.8, 4) is 0 Å². The minimum atomic E-state index is -3.89. The summed E-state index contributed by atoms with van der Waals surface area (Å²) in [6.07, 6.45) is 1.14. The van der Waals surface area contributed by atoms with Crippen LogP contribution in [0.4, 0.5) is 0 Å². The van der Waals surface area contributed by atoms with E-state index >= 15 is 0 Å². The van der Waals surface area contributed by atoms with Gasteiger partial charge in [-0.2, -0.15) is 4.31 Å². The highest BCUT2D eigenvalue weighted by Gasteiger charge is 2.47. The highest BCUT2D eigenvalue weighted by molar-refractivity contribution is 7.89. The normalized spacial score (nSPS) is 19.9. The van der Waals surface area contributed by atoms with E-state index in [2.05, 4.69) is 4.98 Å². The number of carbonyl (C=O) groups excluding carboxylic acids is 1. The second kappa shape index (κ2) is 5.39. The number of halogens is 2. The highest BCUT2D eigenvalue weighted by atomic mass is 35.5. The summed E-state index contributed by atoms with van der Waals surface area (Å²) in [6, 6.07) is 1.24. The Morgan fingerprint density at radius 1 is 1.29 bits per heavy atom. The maximum Gasteiger partial charge on any atom is 0.245 e. The summed E-state index contributed by atoms with van der Waals surface area (Å²) in [5.41, 5.74) is -1.17. The third-order valence-electron chi connectivity index (χ3n) is 3.49. The van der Waals surface area contributed by atoms with Crippen LogP contribution in [0, 0.1) is 0 Å². The summed E-state index contributed by atoms with van der Waals surface area (Å²) < 4.78 is 26.6. The minimum absolute atomic E-state index is 0.0318. The van der Waals surface area contributed by atoms with Gasteiger partial charge in [0.15, 0.2) is 0 Å². The number of hydrogen-bond acceptors (Lipinski definition) is 4. The minimum Gasteiger partial charge on any atom is -0.343 e. The van der Waals surface area contributed by atoms with Crippen LogP contribution in [0.2, 0.25) is 10.2 Å². The zero-order valence-corrected chi connectivity index (χ0v) is 14.1. The smallest absolute Gasteiger partial charge is 0.245 e. The number of likely N-dealkylation sites (N-methyl/N-ethyl adjacent to an activating group) is 1. The summed E-state index contributed by atoms with van der Waals surface area (Å²) in [7, 11) is -2.24. The molecule has 0 unspecified atom stereocenters. The lowest BCUT2D eigenvalue weighted by atomic mass is 10.0. The summed E-state index contributed by atoms with van der Waals surface area (Å²) in [6.45, 7) is 3.69. The van der Waals surface area contributed by atoms with E-state index in [1.807, 2.05) is 0 Å². The molecule has 116 valence electrons. The molecule has 1 aliphatic heterocycles. The van der Waals surface area contributed by atoms with Gasteiger partial charge in [-0.05, 0) is 19.9 Å². The van der Waals surface area contributed by atoms with Crippen molar-refractivity contribution in [3.63, 3.8) is 0 Å². The first-order valence-electron chi connectivity index (χ1n) is 6.18. The van der Waals surface area contributed by atoms with Gasteiger partial charge in [-0.1, -0.05) is 23.2 Å². The molecule has 1 aromatic heterocycles. The van der Waals surface area contributed by atoms with Crippen molar-refractivity contribution in [2.45, 2.75) is 24.3 Å². The van der Waals surface area contributed by atoms with Crippen LogP contribution in [0.3, 0.4) is 0 Å². The van der Waals surface area contributed by atoms with E-state index < -0.39 is 15.6 Å². The molecule has 0 N–H and O–H groups in total. The van der Waals surface area contributed by atoms with Crippen LogP contribution in [-0.2, 0) is 14.8 Å². The predicted molar refractivity (Wildman–Crippen MR) is 79.9 cm³/mol. The molecule has 9 heteroatoms.